The maximum absolute atomic E-state index is 12.5. The smallest absolute Gasteiger partial charge is 0.269 e. The molecule has 3 heterocycles. The first kappa shape index (κ1) is 15.3. The number of hydrogen-bond donors (Lipinski definition) is 0. The van der Waals surface area contributed by atoms with Crippen molar-refractivity contribution < 1.29 is 18.0 Å². The van der Waals surface area contributed by atoms with Gasteiger partial charge >= 0.3 is 0 Å². The molecule has 4 rings (SSSR count). The Bertz CT molecular complexity index is 948. The number of sulfonamides is 1. The van der Waals surface area contributed by atoms with Crippen molar-refractivity contribution in [2.24, 2.45) is 0 Å². The third-order valence-corrected chi connectivity index (χ3v) is 7.16. The summed E-state index contributed by atoms with van der Waals surface area (Å²) in [4.78, 5) is 27.8. The minimum Gasteiger partial charge on any atom is -0.336 e. The van der Waals surface area contributed by atoms with Gasteiger partial charge in [-0.25, -0.2) is 12.7 Å². The lowest BCUT2D eigenvalue weighted by atomic mass is 10.1. The second kappa shape index (κ2) is 5.42. The molecular formula is C16H14N2O4S2. The van der Waals surface area contributed by atoms with E-state index in [1.807, 2.05) is 11.4 Å². The molecule has 24 heavy (non-hydrogen) atoms. The molecule has 1 aromatic heterocycles. The van der Waals surface area contributed by atoms with Gasteiger partial charge in [-0.15, -0.1) is 11.3 Å². The zero-order chi connectivity index (χ0) is 16.9. The van der Waals surface area contributed by atoms with Crippen LogP contribution < -0.4 is 0 Å². The number of benzene rings is 1. The summed E-state index contributed by atoms with van der Waals surface area (Å²) in [5, 5.41) is 1.99. The molecule has 2 aromatic rings. The van der Waals surface area contributed by atoms with Crippen molar-refractivity contribution in [2.45, 2.75) is 17.9 Å². The van der Waals surface area contributed by atoms with Crippen LogP contribution in [0.5, 0.6) is 0 Å². The maximum Gasteiger partial charge on any atom is 0.269 e. The van der Waals surface area contributed by atoms with Gasteiger partial charge in [-0.3, -0.25) is 9.59 Å². The summed E-state index contributed by atoms with van der Waals surface area (Å²) < 4.78 is 25.7. The first-order chi connectivity index (χ1) is 11.5. The molecule has 2 aliphatic heterocycles. The van der Waals surface area contributed by atoms with E-state index >= 15 is 0 Å². The first-order valence-corrected chi connectivity index (χ1v) is 9.79. The van der Waals surface area contributed by atoms with Gasteiger partial charge in [0.15, 0.2) is 0 Å². The fourth-order valence-corrected chi connectivity index (χ4v) is 5.48. The highest BCUT2D eigenvalue weighted by molar-refractivity contribution is 7.90. The lowest BCUT2D eigenvalue weighted by molar-refractivity contribution is -0.132. The standard InChI is InChI=1S/C16H14N2O4S2/c19-15(17-7-5-13-11(9-17)6-8-23-13)10-18-16(20)12-3-1-2-4-14(12)24(18,21)22/h1-4,6,8H,5,7,9-10H2. The minimum absolute atomic E-state index is 0.0263. The van der Waals surface area contributed by atoms with Crippen LogP contribution >= 0.6 is 11.3 Å². The van der Waals surface area contributed by atoms with Crippen LogP contribution in [0.1, 0.15) is 20.8 Å². The summed E-state index contributed by atoms with van der Waals surface area (Å²) in [6.45, 7) is 0.559. The Labute approximate surface area is 143 Å². The molecule has 0 unspecified atom stereocenters. The van der Waals surface area contributed by atoms with Crippen molar-refractivity contribution in [3.05, 3.63) is 51.7 Å². The summed E-state index contributed by atoms with van der Waals surface area (Å²) >= 11 is 1.67. The normalized spacial score (nSPS) is 18.4. The summed E-state index contributed by atoms with van der Waals surface area (Å²) in [7, 11) is -3.94. The van der Waals surface area contributed by atoms with Crippen molar-refractivity contribution in [3.8, 4) is 0 Å². The number of fused-ring (bicyclic) bond motifs is 2. The zero-order valence-electron chi connectivity index (χ0n) is 12.6. The summed E-state index contributed by atoms with van der Waals surface area (Å²) in [6.07, 6.45) is 0.764. The summed E-state index contributed by atoms with van der Waals surface area (Å²) in [6, 6.07) is 8.02. The summed E-state index contributed by atoms with van der Waals surface area (Å²) in [5.41, 5.74) is 1.22. The van der Waals surface area contributed by atoms with Gasteiger partial charge in [0.25, 0.3) is 15.9 Å². The lowest BCUT2D eigenvalue weighted by Gasteiger charge is -2.28. The zero-order valence-corrected chi connectivity index (χ0v) is 14.3. The molecule has 0 aliphatic carbocycles. The van der Waals surface area contributed by atoms with Gasteiger partial charge in [0.05, 0.1) is 5.56 Å². The molecule has 8 heteroatoms. The molecule has 0 N–H and O–H groups in total. The van der Waals surface area contributed by atoms with E-state index in [0.717, 1.165) is 12.0 Å². The molecule has 0 atom stereocenters. The molecule has 2 amide bonds. The van der Waals surface area contributed by atoms with Gasteiger partial charge < -0.3 is 4.90 Å². The number of carbonyl (C=O) groups is 2. The molecule has 0 saturated carbocycles. The molecule has 0 saturated heterocycles. The Morgan fingerprint density at radius 1 is 1.21 bits per heavy atom. The van der Waals surface area contributed by atoms with Gasteiger partial charge in [-0.2, -0.15) is 0 Å². The average Bonchev–Trinajstić information content (AvgIpc) is 3.12. The van der Waals surface area contributed by atoms with Crippen LogP contribution in [-0.2, 0) is 27.8 Å². The third-order valence-electron chi connectivity index (χ3n) is 4.35. The Balaban J connectivity index is 1.56. The Kier molecular flexibility index (Phi) is 3.47. The second-order valence-corrected chi connectivity index (χ2v) is 8.58. The number of rotatable bonds is 2. The fourth-order valence-electron chi connectivity index (χ4n) is 3.07. The van der Waals surface area contributed by atoms with Crippen LogP contribution in [-0.4, -0.2) is 42.5 Å². The highest BCUT2D eigenvalue weighted by Crippen LogP contribution is 2.30. The monoisotopic (exact) mass is 362 g/mol. The average molecular weight is 362 g/mol. The first-order valence-electron chi connectivity index (χ1n) is 7.47. The number of hydrogen-bond acceptors (Lipinski definition) is 5. The molecule has 0 radical (unpaired) electrons. The van der Waals surface area contributed by atoms with E-state index in [-0.39, 0.29) is 16.4 Å². The number of amides is 2. The largest absolute Gasteiger partial charge is 0.336 e. The molecule has 0 bridgehead atoms. The van der Waals surface area contributed by atoms with Gasteiger partial charge in [0.2, 0.25) is 5.91 Å². The molecule has 124 valence electrons. The predicted octanol–water partition coefficient (Wildman–Crippen LogP) is 1.48. The van der Waals surface area contributed by atoms with E-state index in [4.69, 9.17) is 0 Å². The Morgan fingerprint density at radius 3 is 2.79 bits per heavy atom. The Morgan fingerprint density at radius 2 is 2.00 bits per heavy atom. The van der Waals surface area contributed by atoms with E-state index in [9.17, 15) is 18.0 Å². The number of carbonyl (C=O) groups excluding carboxylic acids is 2. The second-order valence-electron chi connectivity index (χ2n) is 5.75. The predicted molar refractivity (Wildman–Crippen MR) is 88.1 cm³/mol. The number of thiophene rings is 1. The highest BCUT2D eigenvalue weighted by Gasteiger charge is 2.42. The lowest BCUT2D eigenvalue weighted by Crippen LogP contribution is -2.44. The molecular weight excluding hydrogens is 348 g/mol. The summed E-state index contributed by atoms with van der Waals surface area (Å²) in [5.74, 6) is -0.983. The minimum atomic E-state index is -3.94. The SMILES string of the molecule is O=C(CN1C(=O)c2ccccc2S1(=O)=O)N1CCc2sccc2C1. The van der Waals surface area contributed by atoms with Crippen LogP contribution in [0, 0.1) is 0 Å². The van der Waals surface area contributed by atoms with Gasteiger partial charge in [-0.1, -0.05) is 12.1 Å². The van der Waals surface area contributed by atoms with Gasteiger partial charge in [-0.05, 0) is 35.6 Å². The number of nitrogens with zero attached hydrogens (tertiary/aromatic N) is 2. The van der Waals surface area contributed by atoms with Crippen molar-refractivity contribution in [3.63, 3.8) is 0 Å². The highest BCUT2D eigenvalue weighted by atomic mass is 32.2. The molecule has 6 nitrogen and oxygen atoms in total. The Hall–Kier alpha value is -2.19. The van der Waals surface area contributed by atoms with E-state index < -0.39 is 22.5 Å². The van der Waals surface area contributed by atoms with Crippen molar-refractivity contribution in [2.75, 3.05) is 13.1 Å². The van der Waals surface area contributed by atoms with Crippen LogP contribution in [0.15, 0.2) is 40.6 Å². The van der Waals surface area contributed by atoms with Crippen LogP contribution in [0.25, 0.3) is 0 Å². The van der Waals surface area contributed by atoms with Crippen molar-refractivity contribution >= 4 is 33.2 Å². The van der Waals surface area contributed by atoms with Crippen LogP contribution in [0.4, 0.5) is 0 Å². The molecule has 2 aliphatic rings. The van der Waals surface area contributed by atoms with Crippen LogP contribution in [0.3, 0.4) is 0 Å². The topological polar surface area (TPSA) is 74.8 Å². The van der Waals surface area contributed by atoms with Crippen LogP contribution in [0.2, 0.25) is 0 Å². The van der Waals surface area contributed by atoms with E-state index in [1.54, 1.807) is 28.4 Å². The van der Waals surface area contributed by atoms with E-state index in [1.165, 1.54) is 17.0 Å². The van der Waals surface area contributed by atoms with Crippen molar-refractivity contribution in [1.82, 2.24) is 9.21 Å². The van der Waals surface area contributed by atoms with E-state index in [0.29, 0.717) is 17.4 Å². The quantitative estimate of drug-likeness (QED) is 0.811. The maximum atomic E-state index is 12.5. The van der Waals surface area contributed by atoms with Gasteiger partial charge in [0, 0.05) is 18.0 Å². The van der Waals surface area contributed by atoms with Crippen molar-refractivity contribution in [1.29, 1.82) is 0 Å². The van der Waals surface area contributed by atoms with Gasteiger partial charge in [0.1, 0.15) is 11.4 Å². The fraction of sp³-hybridized carbons (Fsp3) is 0.250. The third kappa shape index (κ3) is 2.25. The molecule has 1 aromatic carbocycles. The molecule has 0 fully saturated rings. The van der Waals surface area contributed by atoms with E-state index in [2.05, 4.69) is 0 Å². The molecule has 0 spiro atoms.